The molecule has 3 rings (SSSR count). The molecule has 0 amide bonds. The summed E-state index contributed by atoms with van der Waals surface area (Å²) in [7, 11) is -2.33. The van der Waals surface area contributed by atoms with Crippen molar-refractivity contribution in [1.82, 2.24) is 4.98 Å². The third kappa shape index (κ3) is 2.72. The maximum atomic E-state index is 13.2. The zero-order valence-electron chi connectivity index (χ0n) is 13.2. The predicted molar refractivity (Wildman–Crippen MR) is 86.6 cm³/mol. The van der Waals surface area contributed by atoms with Gasteiger partial charge in [-0.05, 0) is 43.7 Å². The summed E-state index contributed by atoms with van der Waals surface area (Å²) in [6.45, 7) is 3.88. The second kappa shape index (κ2) is 5.73. The first-order chi connectivity index (χ1) is 10.9. The molecule has 0 saturated heterocycles. The van der Waals surface area contributed by atoms with E-state index >= 15 is 0 Å². The van der Waals surface area contributed by atoms with Gasteiger partial charge in [-0.25, -0.2) is 13.4 Å². The van der Waals surface area contributed by atoms with Crippen LogP contribution in [-0.4, -0.2) is 33.2 Å². The fraction of sp³-hybridized carbons (Fsp3) is 0.312. The van der Waals surface area contributed by atoms with E-state index in [2.05, 4.69) is 4.98 Å². The van der Waals surface area contributed by atoms with Crippen LogP contribution in [0.5, 0.6) is 11.6 Å². The molecule has 1 atom stereocenters. The molecule has 0 saturated carbocycles. The van der Waals surface area contributed by atoms with E-state index < -0.39 is 10.0 Å². The molecule has 0 N–H and O–H groups in total. The molecule has 2 heterocycles. The molecule has 6 nitrogen and oxygen atoms in total. The number of ether oxygens (including phenoxy) is 2. The van der Waals surface area contributed by atoms with Gasteiger partial charge in [0.25, 0.3) is 10.0 Å². The summed E-state index contributed by atoms with van der Waals surface area (Å²) in [5, 5.41) is 0. The van der Waals surface area contributed by atoms with E-state index in [1.165, 1.54) is 11.4 Å². The summed E-state index contributed by atoms with van der Waals surface area (Å²) in [5.41, 5.74) is 1.28. The number of aromatic nitrogens is 1. The molecule has 1 aliphatic heterocycles. The van der Waals surface area contributed by atoms with Crippen LogP contribution in [0.4, 0.5) is 5.69 Å². The van der Waals surface area contributed by atoms with Gasteiger partial charge in [0.15, 0.2) is 0 Å². The minimum Gasteiger partial charge on any atom is -0.495 e. The highest BCUT2D eigenvalue weighted by Crippen LogP contribution is 2.37. The van der Waals surface area contributed by atoms with Gasteiger partial charge in [0, 0.05) is 6.20 Å². The van der Waals surface area contributed by atoms with Crippen molar-refractivity contribution in [3.8, 4) is 11.6 Å². The number of methoxy groups -OCH3 is 1. The minimum atomic E-state index is -3.79. The summed E-state index contributed by atoms with van der Waals surface area (Å²) in [6, 6.07) is 8.47. The summed E-state index contributed by atoms with van der Waals surface area (Å²) in [5.74, 6) is 0.640. The number of hydrogen-bond acceptors (Lipinski definition) is 5. The van der Waals surface area contributed by atoms with Crippen molar-refractivity contribution in [2.75, 3.05) is 18.0 Å². The molecular formula is C16H18N2O4S. The van der Waals surface area contributed by atoms with Crippen LogP contribution in [0.15, 0.2) is 41.4 Å². The number of hydrogen-bond donors (Lipinski definition) is 0. The fourth-order valence-corrected chi connectivity index (χ4v) is 4.34. The number of nitrogens with zero attached hydrogens (tertiary/aromatic N) is 2. The number of aryl methyl sites for hydroxylation is 1. The van der Waals surface area contributed by atoms with Gasteiger partial charge in [0.05, 0.1) is 13.7 Å². The van der Waals surface area contributed by atoms with Crippen molar-refractivity contribution in [3.63, 3.8) is 0 Å². The molecule has 1 aromatic heterocycles. The Kier molecular flexibility index (Phi) is 3.89. The molecule has 2 aromatic rings. The topological polar surface area (TPSA) is 68.7 Å². The Balaban J connectivity index is 2.16. The second-order valence-electron chi connectivity index (χ2n) is 5.45. The van der Waals surface area contributed by atoms with Crippen molar-refractivity contribution in [3.05, 3.63) is 42.1 Å². The lowest BCUT2D eigenvalue weighted by atomic mass is 10.2. The summed E-state index contributed by atoms with van der Waals surface area (Å²) in [4.78, 5) is 4.27. The molecule has 0 aliphatic carbocycles. The first-order valence-electron chi connectivity index (χ1n) is 7.22. The van der Waals surface area contributed by atoms with Gasteiger partial charge < -0.3 is 9.47 Å². The van der Waals surface area contributed by atoms with Crippen molar-refractivity contribution >= 4 is 15.7 Å². The van der Waals surface area contributed by atoms with Crippen LogP contribution in [0.3, 0.4) is 0 Å². The fourth-order valence-electron chi connectivity index (χ4n) is 2.55. The molecule has 7 heteroatoms. The van der Waals surface area contributed by atoms with Gasteiger partial charge >= 0.3 is 0 Å². The van der Waals surface area contributed by atoms with E-state index in [0.717, 1.165) is 5.56 Å². The van der Waals surface area contributed by atoms with E-state index in [9.17, 15) is 8.42 Å². The Labute approximate surface area is 135 Å². The molecule has 1 unspecified atom stereocenters. The van der Waals surface area contributed by atoms with E-state index in [-0.39, 0.29) is 17.5 Å². The van der Waals surface area contributed by atoms with E-state index in [1.807, 2.05) is 19.9 Å². The summed E-state index contributed by atoms with van der Waals surface area (Å²) in [6.07, 6.45) is 1.29. The van der Waals surface area contributed by atoms with Gasteiger partial charge in [-0.15, -0.1) is 0 Å². The first-order valence-corrected chi connectivity index (χ1v) is 8.66. The van der Waals surface area contributed by atoms with Crippen molar-refractivity contribution in [2.45, 2.75) is 24.8 Å². The van der Waals surface area contributed by atoms with Crippen LogP contribution in [-0.2, 0) is 10.0 Å². The van der Waals surface area contributed by atoms with Crippen molar-refractivity contribution < 1.29 is 17.9 Å². The molecule has 122 valence electrons. The van der Waals surface area contributed by atoms with Crippen LogP contribution >= 0.6 is 0 Å². The van der Waals surface area contributed by atoms with Crippen LogP contribution < -0.4 is 13.8 Å². The Hall–Kier alpha value is -2.28. The molecule has 0 bridgehead atoms. The molecule has 0 fully saturated rings. The Morgan fingerprint density at radius 2 is 2.13 bits per heavy atom. The first kappa shape index (κ1) is 15.6. The number of fused-ring (bicyclic) bond motifs is 1. The summed E-state index contributed by atoms with van der Waals surface area (Å²) >= 11 is 0. The van der Waals surface area contributed by atoms with Gasteiger partial charge in [-0.3, -0.25) is 4.31 Å². The lowest BCUT2D eigenvalue weighted by Gasteiger charge is -2.33. The van der Waals surface area contributed by atoms with Gasteiger partial charge in [-0.2, -0.15) is 0 Å². The standard InChI is InChI=1S/C16H18N2O4S/c1-11-6-7-14(21-3)15(9-11)23(19,20)18-10-12(2)22-16-13(18)5-4-8-17-16/h4-9,12H,10H2,1-3H3. The van der Waals surface area contributed by atoms with Gasteiger partial charge in [0.1, 0.15) is 22.4 Å². The number of pyridine rings is 1. The zero-order chi connectivity index (χ0) is 16.6. The molecular weight excluding hydrogens is 316 g/mol. The van der Waals surface area contributed by atoms with Gasteiger partial charge in [0.2, 0.25) is 5.88 Å². The lowest BCUT2D eigenvalue weighted by molar-refractivity contribution is 0.210. The van der Waals surface area contributed by atoms with E-state index in [1.54, 1.807) is 30.5 Å². The Bertz CT molecular complexity index is 836. The smallest absolute Gasteiger partial charge is 0.268 e. The predicted octanol–water partition coefficient (Wildman–Crippen LogP) is 2.37. The molecule has 23 heavy (non-hydrogen) atoms. The molecule has 0 spiro atoms. The second-order valence-corrected chi connectivity index (χ2v) is 7.28. The van der Waals surface area contributed by atoms with E-state index in [0.29, 0.717) is 17.3 Å². The normalized spacial score (nSPS) is 17.3. The molecule has 0 radical (unpaired) electrons. The quantitative estimate of drug-likeness (QED) is 0.862. The molecule has 1 aliphatic rings. The third-order valence-electron chi connectivity index (χ3n) is 3.64. The summed E-state index contributed by atoms with van der Waals surface area (Å²) < 4.78 is 38.6. The maximum absolute atomic E-state index is 13.2. The number of benzene rings is 1. The average molecular weight is 334 g/mol. The van der Waals surface area contributed by atoms with Crippen molar-refractivity contribution in [1.29, 1.82) is 0 Å². The van der Waals surface area contributed by atoms with Crippen LogP contribution in [0.25, 0.3) is 0 Å². The minimum absolute atomic E-state index is 0.143. The monoisotopic (exact) mass is 334 g/mol. The highest BCUT2D eigenvalue weighted by Gasteiger charge is 2.35. The van der Waals surface area contributed by atoms with Crippen LogP contribution in [0, 0.1) is 6.92 Å². The van der Waals surface area contributed by atoms with Crippen LogP contribution in [0.2, 0.25) is 0 Å². The largest absolute Gasteiger partial charge is 0.495 e. The SMILES string of the molecule is COc1ccc(C)cc1S(=O)(=O)N1CC(C)Oc2ncccc21. The Morgan fingerprint density at radius 3 is 2.87 bits per heavy atom. The number of sulfonamides is 1. The van der Waals surface area contributed by atoms with Gasteiger partial charge in [-0.1, -0.05) is 6.07 Å². The van der Waals surface area contributed by atoms with Crippen molar-refractivity contribution in [2.24, 2.45) is 0 Å². The highest BCUT2D eigenvalue weighted by molar-refractivity contribution is 7.93. The van der Waals surface area contributed by atoms with E-state index in [4.69, 9.17) is 9.47 Å². The van der Waals surface area contributed by atoms with Crippen LogP contribution in [0.1, 0.15) is 12.5 Å². The highest BCUT2D eigenvalue weighted by atomic mass is 32.2. The Morgan fingerprint density at radius 1 is 1.35 bits per heavy atom. The maximum Gasteiger partial charge on any atom is 0.268 e. The molecule has 1 aromatic carbocycles. The lowest BCUT2D eigenvalue weighted by Crippen LogP contribution is -2.42. The third-order valence-corrected chi connectivity index (χ3v) is 5.44. The average Bonchev–Trinajstić information content (AvgIpc) is 2.54. The number of rotatable bonds is 3. The number of anilines is 1. The zero-order valence-corrected chi connectivity index (χ0v) is 14.0.